The molecule has 0 unspecified atom stereocenters. The molecule has 3 heterocycles. The molecule has 0 aliphatic carbocycles. The van der Waals surface area contributed by atoms with Crippen molar-refractivity contribution in [2.75, 3.05) is 4.42 Å². The normalized spacial score (nSPS) is 11.7. The minimum Gasteiger partial charge on any atom is -0.446 e. The number of amides is 1. The Morgan fingerprint density at radius 2 is 1.91 bits per heavy atom. The van der Waals surface area contributed by atoms with Gasteiger partial charge in [0.05, 0.1) is 29.4 Å². The third-order valence-corrected chi connectivity index (χ3v) is 4.87. The maximum Gasteiger partial charge on any atom is 0.434 e. The van der Waals surface area contributed by atoms with Crippen molar-refractivity contribution in [2.24, 2.45) is 0 Å². The van der Waals surface area contributed by atoms with E-state index in [-0.39, 0.29) is 17.4 Å². The van der Waals surface area contributed by atoms with Crippen LogP contribution in [-0.4, -0.2) is 31.8 Å². The molecule has 11 heteroatoms. The Bertz CT molecular complexity index is 1320. The van der Waals surface area contributed by atoms with Crippen molar-refractivity contribution >= 4 is 29.2 Å². The molecule has 0 N–H and O–H groups in total. The molecule has 0 saturated heterocycles. The Kier molecular flexibility index (Phi) is 5.94. The van der Waals surface area contributed by atoms with Crippen LogP contribution in [0.4, 0.5) is 23.7 Å². The van der Waals surface area contributed by atoms with E-state index in [4.69, 9.17) is 16.5 Å². The lowest BCUT2D eigenvalue weighted by Crippen LogP contribution is -2.24. The molecule has 0 bridgehead atoms. The Balaban J connectivity index is 1.69. The van der Waals surface area contributed by atoms with Crippen LogP contribution in [0.1, 0.15) is 19.5 Å². The summed E-state index contributed by atoms with van der Waals surface area (Å²) in [5.74, 6) is 0. The molecular weight excluding hydrogens is 459 g/mol. The topological polar surface area (TPSA) is 72.6 Å². The van der Waals surface area contributed by atoms with E-state index in [9.17, 15) is 18.0 Å². The highest BCUT2D eigenvalue weighted by atomic mass is 35.5. The molecule has 7 nitrogen and oxygen atoms in total. The van der Waals surface area contributed by atoms with Gasteiger partial charge in [0, 0.05) is 29.1 Å². The van der Waals surface area contributed by atoms with Gasteiger partial charge in [-0.05, 0) is 50.2 Å². The summed E-state index contributed by atoms with van der Waals surface area (Å²) in [7, 11) is 0. The average Bonchev–Trinajstić information content (AvgIpc) is 3.21. The van der Waals surface area contributed by atoms with Crippen LogP contribution in [0.5, 0.6) is 0 Å². The van der Waals surface area contributed by atoms with Gasteiger partial charge in [-0.1, -0.05) is 12.1 Å². The van der Waals surface area contributed by atoms with Crippen LogP contribution in [0, 0.1) is 0 Å². The van der Waals surface area contributed by atoms with Crippen molar-refractivity contribution in [1.29, 1.82) is 0 Å². The molecule has 170 valence electrons. The third kappa shape index (κ3) is 4.75. The molecule has 3 aromatic heterocycles. The molecule has 33 heavy (non-hydrogen) atoms. The number of benzene rings is 1. The van der Waals surface area contributed by atoms with Crippen LogP contribution in [0.2, 0.25) is 0 Å². The molecular formula is C22H17ClF3N5O2. The van der Waals surface area contributed by atoms with Crippen LogP contribution in [0.25, 0.3) is 28.2 Å². The maximum absolute atomic E-state index is 13.3. The maximum atomic E-state index is 13.3. The highest BCUT2D eigenvalue weighted by Gasteiger charge is 2.35. The van der Waals surface area contributed by atoms with Gasteiger partial charge in [-0.15, -0.1) is 0 Å². The fraction of sp³-hybridized carbons (Fsp3) is 0.182. The smallest absolute Gasteiger partial charge is 0.434 e. The first-order chi connectivity index (χ1) is 15.6. The predicted molar refractivity (Wildman–Crippen MR) is 117 cm³/mol. The molecule has 0 spiro atoms. The van der Waals surface area contributed by atoms with Gasteiger partial charge in [0.1, 0.15) is 0 Å². The number of fused-ring (bicyclic) bond motifs is 1. The highest BCUT2D eigenvalue weighted by Crippen LogP contribution is 2.34. The number of nitrogens with zero attached hydrogens (tertiary/aromatic N) is 5. The summed E-state index contributed by atoms with van der Waals surface area (Å²) in [6, 6.07) is 12.5. The van der Waals surface area contributed by atoms with Crippen LogP contribution in [-0.2, 0) is 10.9 Å². The van der Waals surface area contributed by atoms with Gasteiger partial charge in [0.2, 0.25) is 0 Å². The number of aromatic nitrogens is 4. The second-order valence-corrected chi connectivity index (χ2v) is 7.65. The van der Waals surface area contributed by atoms with Gasteiger partial charge in [-0.3, -0.25) is 4.98 Å². The molecule has 1 aromatic carbocycles. The second-order valence-electron chi connectivity index (χ2n) is 7.31. The number of carbonyl (C=O) groups is 1. The quantitative estimate of drug-likeness (QED) is 0.339. The summed E-state index contributed by atoms with van der Waals surface area (Å²) in [6.45, 7) is 3.42. The van der Waals surface area contributed by atoms with Crippen molar-refractivity contribution in [3.63, 3.8) is 0 Å². The lowest BCUT2D eigenvalue weighted by atomic mass is 10.1. The van der Waals surface area contributed by atoms with E-state index in [0.29, 0.717) is 22.6 Å². The van der Waals surface area contributed by atoms with E-state index in [1.165, 1.54) is 22.7 Å². The van der Waals surface area contributed by atoms with E-state index in [1.807, 2.05) is 0 Å². The highest BCUT2D eigenvalue weighted by molar-refractivity contribution is 6.35. The molecule has 0 aliphatic heterocycles. The number of hydrogen-bond acceptors (Lipinski definition) is 5. The lowest BCUT2D eigenvalue weighted by molar-refractivity contribution is -0.140. The van der Waals surface area contributed by atoms with Gasteiger partial charge < -0.3 is 4.74 Å². The van der Waals surface area contributed by atoms with E-state index in [2.05, 4.69) is 15.1 Å². The summed E-state index contributed by atoms with van der Waals surface area (Å²) in [5.41, 5.74) is 0.871. The van der Waals surface area contributed by atoms with Gasteiger partial charge in [0.25, 0.3) is 0 Å². The zero-order valence-corrected chi connectivity index (χ0v) is 18.2. The largest absolute Gasteiger partial charge is 0.446 e. The average molecular weight is 476 g/mol. The first-order valence-corrected chi connectivity index (χ1v) is 10.1. The molecule has 0 saturated carbocycles. The molecule has 4 rings (SSSR count). The number of carbonyl (C=O) groups excluding carboxylic acids is 1. The van der Waals surface area contributed by atoms with Gasteiger partial charge in [0.15, 0.2) is 11.3 Å². The van der Waals surface area contributed by atoms with E-state index < -0.39 is 18.0 Å². The summed E-state index contributed by atoms with van der Waals surface area (Å²) in [5, 5.41) is 4.29. The molecule has 0 radical (unpaired) electrons. The van der Waals surface area contributed by atoms with Crippen molar-refractivity contribution in [3.8, 4) is 22.5 Å². The van der Waals surface area contributed by atoms with Crippen molar-refractivity contribution in [3.05, 3.63) is 66.6 Å². The number of pyridine rings is 1. The van der Waals surface area contributed by atoms with E-state index in [1.54, 1.807) is 50.4 Å². The van der Waals surface area contributed by atoms with Crippen molar-refractivity contribution in [1.82, 2.24) is 19.6 Å². The summed E-state index contributed by atoms with van der Waals surface area (Å²) < 4.78 is 47.4. The van der Waals surface area contributed by atoms with Gasteiger partial charge in [-0.2, -0.15) is 22.7 Å². The lowest BCUT2D eigenvalue weighted by Gasteiger charge is -2.16. The minimum atomic E-state index is -4.61. The Morgan fingerprint density at radius 3 is 2.64 bits per heavy atom. The fourth-order valence-corrected chi connectivity index (χ4v) is 3.29. The number of rotatable bonds is 4. The SMILES string of the molecule is CC(C)OC(=O)N(Cl)c1cccc(-c2cn3nc(-c4cccnc4C(F)(F)F)ccc3n2)c1. The number of imidazole rings is 1. The molecule has 1 amide bonds. The number of halogens is 4. The fourth-order valence-electron chi connectivity index (χ4n) is 3.14. The molecule has 0 aliphatic rings. The molecule has 0 atom stereocenters. The number of anilines is 1. The van der Waals surface area contributed by atoms with Gasteiger partial charge >= 0.3 is 12.3 Å². The Labute approximate surface area is 191 Å². The van der Waals surface area contributed by atoms with Crippen LogP contribution in [0.15, 0.2) is 60.9 Å². The van der Waals surface area contributed by atoms with E-state index >= 15 is 0 Å². The monoisotopic (exact) mass is 475 g/mol. The minimum absolute atomic E-state index is 0.101. The van der Waals surface area contributed by atoms with Crippen molar-refractivity contribution < 1.29 is 22.7 Å². The van der Waals surface area contributed by atoms with Crippen LogP contribution < -0.4 is 4.42 Å². The predicted octanol–water partition coefficient (Wildman–Crippen LogP) is 5.98. The first-order valence-electron chi connectivity index (χ1n) is 9.79. The third-order valence-electron chi connectivity index (χ3n) is 4.54. The summed E-state index contributed by atoms with van der Waals surface area (Å²) in [6.07, 6.45) is -3.00. The first kappa shape index (κ1) is 22.5. The number of alkyl halides is 3. The van der Waals surface area contributed by atoms with Crippen LogP contribution in [0.3, 0.4) is 0 Å². The Morgan fingerprint density at radius 1 is 1.12 bits per heavy atom. The van der Waals surface area contributed by atoms with Crippen molar-refractivity contribution in [2.45, 2.75) is 26.1 Å². The molecule has 0 fully saturated rings. The number of ether oxygens (including phenoxy) is 1. The van der Waals surface area contributed by atoms with Crippen LogP contribution >= 0.6 is 11.8 Å². The zero-order chi connectivity index (χ0) is 23.8. The second kappa shape index (κ2) is 8.70. The molecule has 4 aromatic rings. The summed E-state index contributed by atoms with van der Waals surface area (Å²) in [4.78, 5) is 20.0. The zero-order valence-electron chi connectivity index (χ0n) is 17.4. The number of hydrogen-bond donors (Lipinski definition) is 0. The van der Waals surface area contributed by atoms with Gasteiger partial charge in [-0.25, -0.2) is 14.3 Å². The van der Waals surface area contributed by atoms with E-state index in [0.717, 1.165) is 10.6 Å². The standard InChI is InChI=1S/C22H17ClF3N5O2/c1-13(2)33-21(32)31(23)15-6-3-5-14(11-15)18-12-30-19(28-18)9-8-17(29-30)16-7-4-10-27-20(16)22(24,25)26/h3-13H,1-2H3. The summed E-state index contributed by atoms with van der Waals surface area (Å²) >= 11 is 6.10. The Hall–Kier alpha value is -3.66.